The van der Waals surface area contributed by atoms with Crippen LogP contribution in [0.1, 0.15) is 49.8 Å². The fourth-order valence-electron chi connectivity index (χ4n) is 4.46. The van der Waals surface area contributed by atoms with Gasteiger partial charge in [-0.05, 0) is 102 Å². The van der Waals surface area contributed by atoms with E-state index in [9.17, 15) is 9.59 Å². The van der Waals surface area contributed by atoms with E-state index in [1.54, 1.807) is 28.4 Å². The topological polar surface area (TPSA) is 109 Å². The van der Waals surface area contributed by atoms with Crippen LogP contribution in [0.3, 0.4) is 0 Å². The molecule has 1 saturated heterocycles. The van der Waals surface area contributed by atoms with Crippen LogP contribution in [0, 0.1) is 11.3 Å². The van der Waals surface area contributed by atoms with Gasteiger partial charge in [0.05, 0.1) is 6.04 Å². The Morgan fingerprint density at radius 2 is 1.92 bits per heavy atom. The number of allylic oxidation sites excluding steroid dienone is 3. The molecule has 1 aliphatic heterocycles. The maximum Gasteiger partial charge on any atom is 0.251 e. The Bertz CT molecular complexity index is 1170. The summed E-state index contributed by atoms with van der Waals surface area (Å²) >= 11 is 1.63. The van der Waals surface area contributed by atoms with Gasteiger partial charge in [0.15, 0.2) is 0 Å². The van der Waals surface area contributed by atoms with Gasteiger partial charge in [-0.25, -0.2) is 0 Å². The van der Waals surface area contributed by atoms with Gasteiger partial charge in [-0.3, -0.25) is 9.59 Å². The minimum Gasteiger partial charge on any atom is -0.490 e. The summed E-state index contributed by atoms with van der Waals surface area (Å²) in [6.45, 7) is 3.30. The first kappa shape index (κ1) is 26.4. The van der Waals surface area contributed by atoms with E-state index in [2.05, 4.69) is 16.8 Å². The molecule has 2 aliphatic rings. The Morgan fingerprint density at radius 3 is 2.51 bits per heavy atom. The zero-order chi connectivity index (χ0) is 26.2. The fourth-order valence-corrected chi connectivity index (χ4v) is 5.16. The van der Waals surface area contributed by atoms with Crippen molar-refractivity contribution in [1.29, 1.82) is 5.41 Å². The number of benzene rings is 1. The summed E-state index contributed by atoms with van der Waals surface area (Å²) < 4.78 is 6.08. The largest absolute Gasteiger partial charge is 0.490 e. The number of nitrogens with zero attached hydrogens (tertiary/aromatic N) is 1. The van der Waals surface area contributed by atoms with Gasteiger partial charge in [-0.1, -0.05) is 0 Å². The molecule has 2 amide bonds. The average Bonchev–Trinajstić information content (AvgIpc) is 3.62. The van der Waals surface area contributed by atoms with Crippen molar-refractivity contribution in [3.05, 3.63) is 81.6 Å². The van der Waals surface area contributed by atoms with E-state index < -0.39 is 0 Å². The molecule has 1 saturated carbocycles. The molecule has 194 valence electrons. The number of carbonyl (C=O) groups is 2. The number of amides is 2. The minimum absolute atomic E-state index is 0.00428. The molecule has 8 heteroatoms. The summed E-state index contributed by atoms with van der Waals surface area (Å²) in [5.41, 5.74) is 10.2. The molecule has 4 N–H and O–H groups in total. The second kappa shape index (κ2) is 12.5. The zero-order valence-electron chi connectivity index (χ0n) is 21.1. The number of carbonyl (C=O) groups excluding carboxylic acids is 2. The number of likely N-dealkylation sites (tertiary alicyclic amines) is 1. The predicted octanol–water partition coefficient (Wildman–Crippen LogP) is 4.84. The molecule has 2 heterocycles. The van der Waals surface area contributed by atoms with Gasteiger partial charge in [-0.15, -0.1) is 0 Å². The number of hydrogen-bond donors (Lipinski definition) is 3. The van der Waals surface area contributed by atoms with Gasteiger partial charge in [-0.2, -0.15) is 11.3 Å². The van der Waals surface area contributed by atoms with E-state index in [-0.39, 0.29) is 18.1 Å². The Morgan fingerprint density at radius 1 is 1.19 bits per heavy atom. The van der Waals surface area contributed by atoms with Gasteiger partial charge in [0.25, 0.3) is 5.91 Å². The second-order valence-electron chi connectivity index (χ2n) is 9.55. The van der Waals surface area contributed by atoms with Gasteiger partial charge in [0.2, 0.25) is 6.41 Å². The minimum atomic E-state index is -0.183. The number of nitrogens with two attached hydrogens (primary N) is 1. The number of thiophene rings is 1. The van der Waals surface area contributed by atoms with Crippen LogP contribution >= 0.6 is 11.3 Å². The SMILES string of the molecule is CC(C=C(C=CC=N)C(=O)NC(c1ccsc1)C1CC1)=C(N)c1ccc(OC2CCN(C=O)CC2)cc1. The van der Waals surface area contributed by atoms with Crippen LogP contribution in [0.25, 0.3) is 5.70 Å². The molecular formula is C29H34N4O3S. The lowest BCUT2D eigenvalue weighted by atomic mass is 10.0. The standard InChI is InChI=1S/C29H34N4O3S/c1-20(27(31)21-6-8-25(9-7-21)36-26-10-14-33(19-34)15-11-26)17-23(3-2-13-30)29(35)32-28(22-4-5-22)24-12-16-37-18-24/h2-3,6-9,12-13,16-19,22,26,28,30H,4-5,10-11,14-15,31H2,1H3,(H,32,35). The van der Waals surface area contributed by atoms with Crippen LogP contribution in [0.15, 0.2) is 70.5 Å². The molecular weight excluding hydrogens is 484 g/mol. The first-order valence-electron chi connectivity index (χ1n) is 12.6. The summed E-state index contributed by atoms with van der Waals surface area (Å²) in [7, 11) is 0. The smallest absolute Gasteiger partial charge is 0.251 e. The molecule has 1 unspecified atom stereocenters. The van der Waals surface area contributed by atoms with Crippen molar-refractivity contribution in [2.24, 2.45) is 11.7 Å². The summed E-state index contributed by atoms with van der Waals surface area (Å²) in [4.78, 5) is 25.9. The number of piperidine rings is 1. The van der Waals surface area contributed by atoms with Crippen molar-refractivity contribution >= 4 is 35.6 Å². The molecule has 2 aromatic rings. The molecule has 0 bridgehead atoms. The number of hydrogen-bond acceptors (Lipinski definition) is 6. The second-order valence-corrected chi connectivity index (χ2v) is 10.3. The van der Waals surface area contributed by atoms with Gasteiger partial charge < -0.3 is 26.1 Å². The Labute approximate surface area is 222 Å². The molecule has 1 atom stereocenters. The van der Waals surface area contributed by atoms with Crippen LogP contribution in [-0.2, 0) is 9.59 Å². The van der Waals surface area contributed by atoms with Crippen molar-refractivity contribution in [2.75, 3.05) is 13.1 Å². The molecule has 2 fully saturated rings. The van der Waals surface area contributed by atoms with E-state index in [0.717, 1.165) is 60.8 Å². The lowest BCUT2D eigenvalue weighted by Gasteiger charge is -2.29. The van der Waals surface area contributed by atoms with Gasteiger partial charge in [0.1, 0.15) is 11.9 Å². The van der Waals surface area contributed by atoms with E-state index in [4.69, 9.17) is 15.9 Å². The molecule has 0 spiro atoms. The first-order valence-corrected chi connectivity index (χ1v) is 13.6. The van der Waals surface area contributed by atoms with Crippen LogP contribution in [-0.4, -0.2) is 42.6 Å². The number of ether oxygens (including phenoxy) is 1. The van der Waals surface area contributed by atoms with Crippen LogP contribution in [0.5, 0.6) is 5.75 Å². The van der Waals surface area contributed by atoms with Gasteiger partial charge in [0, 0.05) is 43.4 Å². The van der Waals surface area contributed by atoms with Crippen LogP contribution in [0.4, 0.5) is 0 Å². The first-order chi connectivity index (χ1) is 18.0. The van der Waals surface area contributed by atoms with Crippen molar-refractivity contribution in [1.82, 2.24) is 10.2 Å². The Kier molecular flexibility index (Phi) is 8.95. The molecule has 4 rings (SSSR count). The molecule has 1 aliphatic carbocycles. The van der Waals surface area contributed by atoms with Crippen molar-refractivity contribution < 1.29 is 14.3 Å². The van der Waals surface area contributed by atoms with Crippen molar-refractivity contribution in [3.63, 3.8) is 0 Å². The normalized spacial score (nSPS) is 18.3. The quantitative estimate of drug-likeness (QED) is 0.171. The summed E-state index contributed by atoms with van der Waals surface area (Å²) in [5, 5.41) is 14.7. The van der Waals surface area contributed by atoms with Gasteiger partial charge >= 0.3 is 0 Å². The van der Waals surface area contributed by atoms with Crippen molar-refractivity contribution in [3.8, 4) is 5.75 Å². The fraction of sp³-hybridized carbons (Fsp3) is 0.345. The van der Waals surface area contributed by atoms with E-state index >= 15 is 0 Å². The Hall–Kier alpha value is -3.65. The van der Waals surface area contributed by atoms with Crippen LogP contribution in [0.2, 0.25) is 0 Å². The molecule has 1 aromatic heterocycles. The highest BCUT2D eigenvalue weighted by Crippen LogP contribution is 2.41. The molecule has 7 nitrogen and oxygen atoms in total. The predicted molar refractivity (Wildman–Crippen MR) is 148 cm³/mol. The third-order valence-corrected chi connectivity index (χ3v) is 7.51. The molecule has 37 heavy (non-hydrogen) atoms. The van der Waals surface area contributed by atoms with E-state index in [1.165, 1.54) is 6.08 Å². The van der Waals surface area contributed by atoms with E-state index in [1.807, 2.05) is 36.6 Å². The monoisotopic (exact) mass is 518 g/mol. The van der Waals surface area contributed by atoms with Crippen molar-refractivity contribution in [2.45, 2.75) is 44.8 Å². The lowest BCUT2D eigenvalue weighted by Crippen LogP contribution is -2.37. The zero-order valence-corrected chi connectivity index (χ0v) is 21.9. The third kappa shape index (κ3) is 7.20. The lowest BCUT2D eigenvalue weighted by molar-refractivity contribution is -0.120. The maximum atomic E-state index is 13.3. The van der Waals surface area contributed by atoms with E-state index in [0.29, 0.717) is 30.3 Å². The number of nitrogens with one attached hydrogen (secondary N) is 2. The molecule has 0 radical (unpaired) electrons. The highest BCUT2D eigenvalue weighted by atomic mass is 32.1. The third-order valence-electron chi connectivity index (χ3n) is 6.81. The summed E-state index contributed by atoms with van der Waals surface area (Å²) in [6, 6.07) is 9.68. The highest BCUT2D eigenvalue weighted by molar-refractivity contribution is 7.08. The maximum absolute atomic E-state index is 13.3. The Balaban J connectivity index is 1.46. The summed E-state index contributed by atoms with van der Waals surface area (Å²) in [5.74, 6) is 1.05. The van der Waals surface area contributed by atoms with Crippen LogP contribution < -0.4 is 15.8 Å². The number of rotatable bonds is 11. The average molecular weight is 519 g/mol. The molecule has 1 aromatic carbocycles. The summed E-state index contributed by atoms with van der Waals surface area (Å²) in [6.07, 6.45) is 10.9. The highest BCUT2D eigenvalue weighted by Gasteiger charge is 2.34.